The molecule has 0 aromatic heterocycles. The van der Waals surface area contributed by atoms with Gasteiger partial charge in [-0.05, 0) is 24.6 Å². The number of halogens is 4. The Morgan fingerprint density at radius 1 is 1.22 bits per heavy atom. The van der Waals surface area contributed by atoms with E-state index in [0.717, 1.165) is 12.1 Å². The maximum Gasteiger partial charge on any atom is 0.417 e. The van der Waals surface area contributed by atoms with Gasteiger partial charge in [0.15, 0.2) is 0 Å². The molecule has 0 radical (unpaired) electrons. The van der Waals surface area contributed by atoms with Gasteiger partial charge in [-0.25, -0.2) is 0 Å². The summed E-state index contributed by atoms with van der Waals surface area (Å²) < 4.78 is 38.2. The van der Waals surface area contributed by atoms with E-state index < -0.39 is 40.4 Å². The number of carbonyl (C=O) groups is 3. The molecule has 0 aliphatic carbocycles. The molecule has 6 nitrogen and oxygen atoms in total. The predicted octanol–water partition coefficient (Wildman–Crippen LogP) is 1.85. The van der Waals surface area contributed by atoms with E-state index in [1.165, 1.54) is 6.07 Å². The van der Waals surface area contributed by atoms with Crippen LogP contribution in [0.3, 0.4) is 0 Å². The van der Waals surface area contributed by atoms with Crippen molar-refractivity contribution in [2.24, 2.45) is 5.92 Å². The maximum atomic E-state index is 12.7. The monoisotopic (exact) mass is 349 g/mol. The highest BCUT2D eigenvalue weighted by atomic mass is 35.5. The van der Waals surface area contributed by atoms with Crippen molar-refractivity contribution < 1.29 is 27.6 Å². The molecule has 1 heterocycles. The molecule has 1 fully saturated rings. The van der Waals surface area contributed by atoms with Crippen LogP contribution in [0.2, 0.25) is 5.02 Å². The Hall–Kier alpha value is -2.29. The molecule has 0 unspecified atom stereocenters. The van der Waals surface area contributed by atoms with Crippen molar-refractivity contribution in [2.75, 3.05) is 5.32 Å². The van der Waals surface area contributed by atoms with Gasteiger partial charge < -0.3 is 5.32 Å². The summed E-state index contributed by atoms with van der Waals surface area (Å²) in [6, 6.07) is 2.97. The molecule has 23 heavy (non-hydrogen) atoms. The molecule has 1 aromatic carbocycles. The molecule has 0 saturated carbocycles. The lowest BCUT2D eigenvalue weighted by Crippen LogP contribution is -2.28. The second kappa shape index (κ2) is 6.45. The maximum absolute atomic E-state index is 12.7. The summed E-state index contributed by atoms with van der Waals surface area (Å²) in [6.07, 6.45) is -4.89. The van der Waals surface area contributed by atoms with Gasteiger partial charge in [-0.15, -0.1) is 0 Å². The number of amides is 3. The Kier molecular flexibility index (Phi) is 4.79. The second-order valence-electron chi connectivity index (χ2n) is 4.81. The fourth-order valence-corrected chi connectivity index (χ4v) is 2.22. The van der Waals surface area contributed by atoms with E-state index in [1.807, 2.05) is 0 Å². The van der Waals surface area contributed by atoms with Crippen molar-refractivity contribution in [1.82, 2.24) is 10.9 Å². The third kappa shape index (κ3) is 4.13. The third-order valence-electron chi connectivity index (χ3n) is 3.16. The zero-order valence-corrected chi connectivity index (χ0v) is 12.2. The van der Waals surface area contributed by atoms with E-state index in [9.17, 15) is 27.6 Å². The van der Waals surface area contributed by atoms with Gasteiger partial charge in [-0.3, -0.25) is 25.2 Å². The van der Waals surface area contributed by atoms with Gasteiger partial charge in [0.25, 0.3) is 11.8 Å². The van der Waals surface area contributed by atoms with Gasteiger partial charge in [0, 0.05) is 12.1 Å². The Morgan fingerprint density at radius 2 is 1.83 bits per heavy atom. The molecule has 124 valence electrons. The number of hydrogen-bond acceptors (Lipinski definition) is 3. The molecule has 2 rings (SSSR count). The number of hydrazine groups is 1. The van der Waals surface area contributed by atoms with Crippen LogP contribution in [-0.4, -0.2) is 17.7 Å². The topological polar surface area (TPSA) is 87.3 Å². The molecule has 3 N–H and O–H groups in total. The van der Waals surface area contributed by atoms with Crippen LogP contribution in [0.5, 0.6) is 0 Å². The smallest absolute Gasteiger partial charge is 0.326 e. The standard InChI is InChI=1S/C13H11ClF3N3O3/c14-9-3-1-6(5-8(9)13(15,16)17)18-10(21)4-2-7-11(22)19-20-12(7)23/h1,3,5,7H,2,4H2,(H,18,21)(H,19,22)(H,20,23). The quantitative estimate of drug-likeness (QED) is 0.725. The zero-order valence-electron chi connectivity index (χ0n) is 11.5. The number of hydrogen-bond donors (Lipinski definition) is 3. The molecule has 0 spiro atoms. The molecule has 0 bridgehead atoms. The van der Waals surface area contributed by atoms with Crippen LogP contribution in [-0.2, 0) is 20.6 Å². The number of carbonyl (C=O) groups excluding carboxylic acids is 3. The summed E-state index contributed by atoms with van der Waals surface area (Å²) in [5.74, 6) is -2.70. The first-order valence-corrected chi connectivity index (χ1v) is 6.82. The minimum Gasteiger partial charge on any atom is -0.326 e. The summed E-state index contributed by atoms with van der Waals surface area (Å²) in [5.41, 5.74) is 3.09. The van der Waals surface area contributed by atoms with E-state index in [4.69, 9.17) is 11.6 Å². The second-order valence-corrected chi connectivity index (χ2v) is 5.22. The van der Waals surface area contributed by atoms with Gasteiger partial charge in [0.05, 0.1) is 10.6 Å². The normalized spacial score (nSPS) is 15.3. The van der Waals surface area contributed by atoms with Crippen LogP contribution in [0, 0.1) is 5.92 Å². The van der Waals surface area contributed by atoms with Gasteiger partial charge >= 0.3 is 6.18 Å². The molecule has 1 aromatic rings. The first kappa shape index (κ1) is 17.1. The number of alkyl halides is 3. The highest BCUT2D eigenvalue weighted by Gasteiger charge is 2.34. The molecule has 3 amide bonds. The molecule has 1 aliphatic heterocycles. The van der Waals surface area contributed by atoms with E-state index >= 15 is 0 Å². The summed E-state index contributed by atoms with van der Waals surface area (Å²) in [4.78, 5) is 34.3. The minimum absolute atomic E-state index is 0.0524. The van der Waals surface area contributed by atoms with Gasteiger partial charge in [-0.1, -0.05) is 11.6 Å². The third-order valence-corrected chi connectivity index (χ3v) is 3.49. The fraction of sp³-hybridized carbons (Fsp3) is 0.308. The van der Waals surface area contributed by atoms with Crippen molar-refractivity contribution in [3.63, 3.8) is 0 Å². The van der Waals surface area contributed by atoms with E-state index in [-0.39, 0.29) is 18.5 Å². The summed E-state index contributed by atoms with van der Waals surface area (Å²) in [5, 5.41) is 1.80. The van der Waals surface area contributed by atoms with Gasteiger partial charge in [0.1, 0.15) is 5.92 Å². The molecule has 0 atom stereocenters. The lowest BCUT2D eigenvalue weighted by Gasteiger charge is -2.12. The molecule has 1 saturated heterocycles. The van der Waals surface area contributed by atoms with E-state index in [0.29, 0.717) is 0 Å². The van der Waals surface area contributed by atoms with Gasteiger partial charge in [0.2, 0.25) is 5.91 Å². The lowest BCUT2D eigenvalue weighted by molar-refractivity contribution is -0.137. The Balaban J connectivity index is 1.98. The predicted molar refractivity (Wildman–Crippen MR) is 74.1 cm³/mol. The molecular formula is C13H11ClF3N3O3. The van der Waals surface area contributed by atoms with Crippen molar-refractivity contribution in [3.8, 4) is 0 Å². The Bertz CT molecular complexity index is 648. The minimum atomic E-state index is -4.64. The Morgan fingerprint density at radius 3 is 2.39 bits per heavy atom. The number of nitrogens with one attached hydrogen (secondary N) is 3. The van der Waals surface area contributed by atoms with Crippen molar-refractivity contribution in [1.29, 1.82) is 0 Å². The number of rotatable bonds is 4. The number of benzene rings is 1. The SMILES string of the molecule is O=C(CCC1C(=O)NNC1=O)Nc1ccc(Cl)c(C(F)(F)F)c1. The van der Waals surface area contributed by atoms with Crippen molar-refractivity contribution in [3.05, 3.63) is 28.8 Å². The number of anilines is 1. The van der Waals surface area contributed by atoms with Crippen LogP contribution in [0.25, 0.3) is 0 Å². The molecule has 10 heteroatoms. The molecule has 1 aliphatic rings. The van der Waals surface area contributed by atoms with Crippen LogP contribution in [0.1, 0.15) is 18.4 Å². The van der Waals surface area contributed by atoms with Crippen molar-refractivity contribution in [2.45, 2.75) is 19.0 Å². The zero-order chi connectivity index (χ0) is 17.2. The summed E-state index contributed by atoms with van der Waals surface area (Å²) >= 11 is 5.48. The largest absolute Gasteiger partial charge is 0.417 e. The highest BCUT2D eigenvalue weighted by molar-refractivity contribution is 6.31. The fourth-order valence-electron chi connectivity index (χ4n) is 2.00. The van der Waals surface area contributed by atoms with Crippen molar-refractivity contribution >= 4 is 35.0 Å². The lowest BCUT2D eigenvalue weighted by atomic mass is 10.0. The van der Waals surface area contributed by atoms with Crippen LogP contribution in [0.4, 0.5) is 18.9 Å². The van der Waals surface area contributed by atoms with Crippen LogP contribution in [0.15, 0.2) is 18.2 Å². The van der Waals surface area contributed by atoms with Crippen LogP contribution < -0.4 is 16.2 Å². The summed E-state index contributed by atoms with van der Waals surface area (Å²) in [7, 11) is 0. The van der Waals surface area contributed by atoms with E-state index in [1.54, 1.807) is 0 Å². The average Bonchev–Trinajstić information content (AvgIpc) is 2.77. The Labute approximate surface area is 133 Å². The first-order valence-electron chi connectivity index (χ1n) is 6.45. The van der Waals surface area contributed by atoms with Gasteiger partial charge in [-0.2, -0.15) is 13.2 Å². The van der Waals surface area contributed by atoms with Crippen LogP contribution >= 0.6 is 11.6 Å². The average molecular weight is 350 g/mol. The first-order chi connectivity index (χ1) is 10.7. The van der Waals surface area contributed by atoms with E-state index in [2.05, 4.69) is 16.2 Å². The summed E-state index contributed by atoms with van der Waals surface area (Å²) in [6.45, 7) is 0. The highest BCUT2D eigenvalue weighted by Crippen LogP contribution is 2.36. The molecular weight excluding hydrogens is 339 g/mol.